The first-order valence-corrected chi connectivity index (χ1v) is 8.50. The van der Waals surface area contributed by atoms with Gasteiger partial charge < -0.3 is 5.11 Å². The Balaban J connectivity index is 2.28. The topological polar surface area (TPSA) is 66.4 Å². The predicted octanol–water partition coefficient (Wildman–Crippen LogP) is 3.11. The zero-order valence-corrected chi connectivity index (χ0v) is 13.3. The average molecular weight is 362 g/mol. The summed E-state index contributed by atoms with van der Waals surface area (Å²) in [5.74, 6) is 0. The average Bonchev–Trinajstić information content (AvgIpc) is 2.83. The van der Waals surface area contributed by atoms with Gasteiger partial charge in [-0.2, -0.15) is 0 Å². The van der Waals surface area contributed by atoms with Crippen LogP contribution in [0.5, 0.6) is 0 Å². The standard InChI is InChI=1S/C12H12BrNO3S2/c1-8-2-3-9(6-11(8)13)14-19(16,17)12-5-4-10(7-15)18-12/h2-6,14-15H,7H2,1H3. The molecule has 1 aromatic heterocycles. The number of aliphatic hydroxyl groups is 1. The van der Waals surface area contributed by atoms with Crippen molar-refractivity contribution in [2.75, 3.05) is 4.72 Å². The number of hydrogen-bond donors (Lipinski definition) is 2. The van der Waals surface area contributed by atoms with E-state index in [-0.39, 0.29) is 10.8 Å². The number of benzene rings is 1. The van der Waals surface area contributed by atoms with Crippen LogP contribution in [0.4, 0.5) is 5.69 Å². The van der Waals surface area contributed by atoms with Crippen LogP contribution in [0.1, 0.15) is 10.4 Å². The van der Waals surface area contributed by atoms with Gasteiger partial charge in [0.25, 0.3) is 10.0 Å². The van der Waals surface area contributed by atoms with Gasteiger partial charge in [-0.05, 0) is 36.8 Å². The van der Waals surface area contributed by atoms with Crippen LogP contribution in [0.15, 0.2) is 39.0 Å². The van der Waals surface area contributed by atoms with E-state index in [0.717, 1.165) is 21.4 Å². The van der Waals surface area contributed by atoms with Crippen molar-refractivity contribution >= 4 is 43.0 Å². The van der Waals surface area contributed by atoms with Gasteiger partial charge in [-0.1, -0.05) is 22.0 Å². The van der Waals surface area contributed by atoms with Crippen LogP contribution in [0.25, 0.3) is 0 Å². The molecule has 0 bridgehead atoms. The Kier molecular flexibility index (Phi) is 4.29. The number of nitrogens with one attached hydrogen (secondary N) is 1. The van der Waals surface area contributed by atoms with Crippen LogP contribution in [-0.4, -0.2) is 13.5 Å². The highest BCUT2D eigenvalue weighted by Gasteiger charge is 2.17. The molecule has 4 nitrogen and oxygen atoms in total. The van der Waals surface area contributed by atoms with E-state index in [2.05, 4.69) is 20.7 Å². The summed E-state index contributed by atoms with van der Waals surface area (Å²) in [6, 6.07) is 8.34. The van der Waals surface area contributed by atoms with Gasteiger partial charge in [0.05, 0.1) is 6.61 Å². The minimum Gasteiger partial charge on any atom is -0.391 e. The van der Waals surface area contributed by atoms with E-state index in [1.54, 1.807) is 18.2 Å². The lowest BCUT2D eigenvalue weighted by Crippen LogP contribution is -2.11. The molecule has 0 amide bonds. The predicted molar refractivity (Wildman–Crippen MR) is 79.9 cm³/mol. The second kappa shape index (κ2) is 5.62. The molecule has 7 heteroatoms. The quantitative estimate of drug-likeness (QED) is 0.878. The summed E-state index contributed by atoms with van der Waals surface area (Å²) in [6.45, 7) is 1.77. The first-order chi connectivity index (χ1) is 8.92. The number of aliphatic hydroxyl groups excluding tert-OH is 1. The van der Waals surface area contributed by atoms with Gasteiger partial charge in [0.2, 0.25) is 0 Å². The van der Waals surface area contributed by atoms with Crippen molar-refractivity contribution < 1.29 is 13.5 Å². The van der Waals surface area contributed by atoms with E-state index in [9.17, 15) is 8.42 Å². The Morgan fingerprint density at radius 3 is 2.63 bits per heavy atom. The molecule has 2 N–H and O–H groups in total. The minimum atomic E-state index is -3.60. The van der Waals surface area contributed by atoms with Crippen molar-refractivity contribution in [3.8, 4) is 0 Å². The Bertz CT molecular complexity index is 695. The zero-order valence-electron chi connectivity index (χ0n) is 10.1. The Morgan fingerprint density at radius 1 is 1.32 bits per heavy atom. The normalized spacial score (nSPS) is 11.5. The highest BCUT2D eigenvalue weighted by molar-refractivity contribution is 9.10. The van der Waals surface area contributed by atoms with Gasteiger partial charge in [-0.25, -0.2) is 8.42 Å². The molecule has 19 heavy (non-hydrogen) atoms. The van der Waals surface area contributed by atoms with Crippen LogP contribution in [0.2, 0.25) is 0 Å². The Hall–Kier alpha value is -0.890. The van der Waals surface area contributed by atoms with Gasteiger partial charge >= 0.3 is 0 Å². The van der Waals surface area contributed by atoms with Crippen LogP contribution in [-0.2, 0) is 16.6 Å². The third-order valence-electron chi connectivity index (χ3n) is 2.48. The van der Waals surface area contributed by atoms with Crippen molar-refractivity contribution in [1.82, 2.24) is 0 Å². The number of anilines is 1. The summed E-state index contributed by atoms with van der Waals surface area (Å²) >= 11 is 4.41. The molecule has 0 aliphatic carbocycles. The molecule has 1 aromatic carbocycles. The molecule has 0 fully saturated rings. The Morgan fingerprint density at radius 2 is 2.05 bits per heavy atom. The maximum atomic E-state index is 12.1. The molecule has 0 saturated heterocycles. The number of aryl methyl sites for hydroxylation is 1. The van der Waals surface area contributed by atoms with Gasteiger partial charge in [-0.3, -0.25) is 4.72 Å². The second-order valence-corrected chi connectivity index (χ2v) is 7.88. The maximum Gasteiger partial charge on any atom is 0.271 e. The van der Waals surface area contributed by atoms with Crippen molar-refractivity contribution in [1.29, 1.82) is 0 Å². The number of halogens is 1. The van der Waals surface area contributed by atoms with Gasteiger partial charge in [0, 0.05) is 15.0 Å². The fourth-order valence-electron chi connectivity index (χ4n) is 1.45. The summed E-state index contributed by atoms with van der Waals surface area (Å²) in [6.07, 6.45) is 0. The first kappa shape index (κ1) is 14.5. The number of thiophene rings is 1. The SMILES string of the molecule is Cc1ccc(NS(=O)(=O)c2ccc(CO)s2)cc1Br. The number of rotatable bonds is 4. The molecule has 0 saturated carbocycles. The molecule has 0 spiro atoms. The fraction of sp³-hybridized carbons (Fsp3) is 0.167. The molecule has 1 heterocycles. The first-order valence-electron chi connectivity index (χ1n) is 5.41. The third kappa shape index (κ3) is 3.36. The molecule has 0 unspecified atom stereocenters. The van der Waals surface area contributed by atoms with Crippen LogP contribution in [0.3, 0.4) is 0 Å². The van der Waals surface area contributed by atoms with Gasteiger partial charge in [0.1, 0.15) is 4.21 Å². The van der Waals surface area contributed by atoms with Crippen LogP contribution >= 0.6 is 27.3 Å². The van der Waals surface area contributed by atoms with Crippen molar-refractivity contribution in [3.63, 3.8) is 0 Å². The van der Waals surface area contributed by atoms with E-state index < -0.39 is 10.0 Å². The fourth-order valence-corrected chi connectivity index (χ4v) is 4.09. The summed E-state index contributed by atoms with van der Waals surface area (Å²) in [5, 5.41) is 8.96. The van der Waals surface area contributed by atoms with Crippen molar-refractivity contribution in [2.45, 2.75) is 17.7 Å². The molecule has 0 aliphatic rings. The molecule has 102 valence electrons. The summed E-state index contributed by atoms with van der Waals surface area (Å²) < 4.78 is 27.8. The molecular weight excluding hydrogens is 350 g/mol. The minimum absolute atomic E-state index is 0.156. The lowest BCUT2D eigenvalue weighted by atomic mass is 10.2. The summed E-state index contributed by atoms with van der Waals surface area (Å²) in [7, 11) is -3.60. The summed E-state index contributed by atoms with van der Waals surface area (Å²) in [4.78, 5) is 0.616. The van der Waals surface area contributed by atoms with Crippen molar-refractivity contribution in [2.24, 2.45) is 0 Å². The lowest BCUT2D eigenvalue weighted by Gasteiger charge is -2.07. The van der Waals surface area contributed by atoms with Crippen LogP contribution in [0, 0.1) is 6.92 Å². The van der Waals surface area contributed by atoms with E-state index in [4.69, 9.17) is 5.11 Å². The zero-order chi connectivity index (χ0) is 14.0. The second-order valence-electron chi connectivity index (χ2n) is 3.95. The van der Waals surface area contributed by atoms with Gasteiger partial charge in [0.15, 0.2) is 0 Å². The van der Waals surface area contributed by atoms with Gasteiger partial charge in [-0.15, -0.1) is 11.3 Å². The van der Waals surface area contributed by atoms with E-state index in [1.807, 2.05) is 13.0 Å². The van der Waals surface area contributed by atoms with E-state index >= 15 is 0 Å². The molecule has 2 rings (SSSR count). The highest BCUT2D eigenvalue weighted by Crippen LogP contribution is 2.26. The molecule has 0 radical (unpaired) electrons. The Labute approximate surface area is 124 Å². The molecular formula is C12H12BrNO3S2. The van der Waals surface area contributed by atoms with Crippen LogP contribution < -0.4 is 4.72 Å². The van der Waals surface area contributed by atoms with E-state index in [0.29, 0.717) is 10.6 Å². The van der Waals surface area contributed by atoms with E-state index in [1.165, 1.54) is 6.07 Å². The maximum absolute atomic E-state index is 12.1. The lowest BCUT2D eigenvalue weighted by molar-refractivity contribution is 0.285. The largest absolute Gasteiger partial charge is 0.391 e. The summed E-state index contributed by atoms with van der Waals surface area (Å²) in [5.41, 5.74) is 1.53. The molecule has 2 aromatic rings. The molecule has 0 atom stereocenters. The highest BCUT2D eigenvalue weighted by atomic mass is 79.9. The number of sulfonamides is 1. The number of hydrogen-bond acceptors (Lipinski definition) is 4. The monoisotopic (exact) mass is 361 g/mol. The van der Waals surface area contributed by atoms with Crippen molar-refractivity contribution in [3.05, 3.63) is 45.2 Å². The third-order valence-corrected chi connectivity index (χ3v) is 6.28. The molecule has 0 aliphatic heterocycles. The smallest absolute Gasteiger partial charge is 0.271 e.